The lowest BCUT2D eigenvalue weighted by atomic mass is 9.95. The van der Waals surface area contributed by atoms with Crippen molar-refractivity contribution in [1.29, 1.82) is 0 Å². The Hall–Kier alpha value is -16.2. The highest BCUT2D eigenvalue weighted by Crippen LogP contribution is 2.45. The summed E-state index contributed by atoms with van der Waals surface area (Å²) in [5, 5.41) is 7.65. The molecule has 0 N–H and O–H groups in total. The van der Waals surface area contributed by atoms with Crippen molar-refractivity contribution in [3.05, 3.63) is 376 Å². The molecule has 0 spiro atoms. The Morgan fingerprint density at radius 3 is 1.11 bits per heavy atom. The largest absolute Gasteiger partial charge is 0.456 e. The average Bonchev–Trinajstić information content (AvgIpc) is 1.59. The van der Waals surface area contributed by atoms with Crippen molar-refractivity contribution in [2.75, 3.05) is 0 Å². The fourth-order valence-corrected chi connectivity index (χ4v) is 18.9. The van der Waals surface area contributed by atoms with Crippen LogP contribution >= 0.6 is 0 Å². The summed E-state index contributed by atoms with van der Waals surface area (Å²) < 4.78 is 137. The third-order valence-corrected chi connectivity index (χ3v) is 25.5. The summed E-state index contributed by atoms with van der Waals surface area (Å²) in [6.45, 7) is 24.5. The van der Waals surface area contributed by atoms with Gasteiger partial charge in [0.2, 0.25) is 11.4 Å². The maximum Gasteiger partial charge on any atom is 0.287 e. The molecule has 21 heteroatoms. The van der Waals surface area contributed by atoms with E-state index in [2.05, 4.69) is 148 Å². The van der Waals surface area contributed by atoms with E-state index in [0.717, 1.165) is 179 Å². The normalized spacial score (nSPS) is 11.5. The van der Waals surface area contributed by atoms with Gasteiger partial charge in [-0.3, -0.25) is 4.98 Å². The van der Waals surface area contributed by atoms with Gasteiger partial charge in [0.1, 0.15) is 128 Å². The summed E-state index contributed by atoms with van der Waals surface area (Å²) >= 11 is 0. The van der Waals surface area contributed by atoms with Crippen molar-refractivity contribution in [1.82, 2.24) is 19.9 Å². The second-order valence-electron chi connectivity index (χ2n) is 35.7. The maximum absolute atomic E-state index is 15.3. The highest BCUT2D eigenvalue weighted by Gasteiger charge is 2.30. The molecule has 0 radical (unpaired) electrons. The Morgan fingerprint density at radius 1 is 0.255 bits per heavy atom. The van der Waals surface area contributed by atoms with Gasteiger partial charge < -0.3 is 22.1 Å². The predicted octanol–water partition coefficient (Wildman–Crippen LogP) is 27.6. The highest BCUT2D eigenvalue weighted by atomic mass is 19.2. The molecule has 23 rings (SSSR count). The molecule has 0 aliphatic heterocycles. The lowest BCUT2D eigenvalue weighted by molar-refractivity contribution is -0.663. The number of aromatic nitrogens is 9. The number of fused-ring (bicyclic) bond motifs is 15. The number of benzene rings is 12. The zero-order valence-corrected chi connectivity index (χ0v) is 78.6. The maximum atomic E-state index is 15.3. The molecule has 137 heavy (non-hydrogen) atoms. The molecular formula is C116H95F7N9O5+5. The molecule has 0 fully saturated rings. The number of aryl methyl sites for hydroxylation is 16. The van der Waals surface area contributed by atoms with Gasteiger partial charge in [-0.15, -0.1) is 0 Å². The summed E-state index contributed by atoms with van der Waals surface area (Å²) in [6, 6.07) is 71.2. The summed E-state index contributed by atoms with van der Waals surface area (Å²) in [5.74, 6) is -2.89. The van der Waals surface area contributed by atoms with E-state index < -0.39 is 17.5 Å². The molecule has 0 unspecified atom stereocenters. The Kier molecular flexibility index (Phi) is 23.7. The topological polar surface area (TPSA) is 137 Å². The van der Waals surface area contributed by atoms with Crippen LogP contribution in [-0.2, 0) is 35.2 Å². The molecule has 0 saturated heterocycles. The molecule has 12 aromatic carbocycles. The van der Waals surface area contributed by atoms with Crippen molar-refractivity contribution >= 4 is 110 Å². The fraction of sp³-hybridized carbons (Fsp3) is 0.147. The van der Waals surface area contributed by atoms with Gasteiger partial charge >= 0.3 is 0 Å². The van der Waals surface area contributed by atoms with Crippen LogP contribution in [0.2, 0.25) is 0 Å². The molecule has 23 aromatic rings. The molecule has 11 heterocycles. The Labute approximate surface area is 784 Å². The van der Waals surface area contributed by atoms with Crippen molar-refractivity contribution in [3.8, 4) is 90.1 Å². The molecule has 11 aromatic heterocycles. The van der Waals surface area contributed by atoms with E-state index in [-0.39, 0.29) is 28.9 Å². The van der Waals surface area contributed by atoms with Crippen LogP contribution in [-0.4, -0.2) is 19.9 Å². The van der Waals surface area contributed by atoms with E-state index in [1.165, 1.54) is 82.4 Å². The first-order chi connectivity index (χ1) is 65.7. The van der Waals surface area contributed by atoms with Crippen molar-refractivity contribution in [2.45, 2.75) is 83.1 Å². The molecule has 678 valence electrons. The van der Waals surface area contributed by atoms with Crippen LogP contribution in [0.25, 0.3) is 200 Å². The van der Waals surface area contributed by atoms with E-state index in [4.69, 9.17) is 22.1 Å². The minimum Gasteiger partial charge on any atom is -0.456 e. The number of nitrogens with zero attached hydrogens (tertiary/aromatic N) is 9. The molecule has 0 atom stereocenters. The predicted molar refractivity (Wildman–Crippen MR) is 526 cm³/mol. The first-order valence-electron chi connectivity index (χ1n) is 44.8. The molecular weight excluding hydrogens is 1730 g/mol. The minimum atomic E-state index is -0.638. The van der Waals surface area contributed by atoms with Gasteiger partial charge in [0, 0.05) is 156 Å². The number of pyridine rings is 3. The smallest absolute Gasteiger partial charge is 0.287 e. The third-order valence-electron chi connectivity index (χ3n) is 25.5. The van der Waals surface area contributed by atoms with Gasteiger partial charge in [-0.25, -0.2) is 53.6 Å². The van der Waals surface area contributed by atoms with Gasteiger partial charge in [0.05, 0.1) is 54.2 Å². The minimum absolute atomic E-state index is 0.228. The van der Waals surface area contributed by atoms with Crippen molar-refractivity contribution in [2.24, 2.45) is 35.2 Å². The number of furan rings is 5. The quantitative estimate of drug-likeness (QED) is 0.108. The van der Waals surface area contributed by atoms with Gasteiger partial charge in [0.25, 0.3) is 19.0 Å². The molecule has 0 saturated carbocycles. The number of hydrogen-bond donors (Lipinski definition) is 0. The fourth-order valence-electron chi connectivity index (χ4n) is 18.9. The SMILES string of the molecule is Cc1cc(-c2cc(-c3c(C)ccc4c3oc3cc(F)ccc34)[n+](C)cn2)cc(C)n1.Cc1cc(C)cc(-c2cc(-c3c(C)c(C)cc4c3oc3cc(F)ccc34)[n+](C)cn2)c1.Cc1cc(C)cc(-c2cc(-c3c(C)ccc4c3oc3cc(F)ccc34)[n+](C)cn2)c1.Cc1cc2oc3cc(F)cc(F)c3c2cc1-c1cccc[n+]1C.Cc1cc2oc3cc(F)ccc3c2c(F)c1-c1cccc[n+]1C. The van der Waals surface area contributed by atoms with Crippen LogP contribution in [0.5, 0.6) is 0 Å². The first kappa shape index (κ1) is 90.0. The number of halogens is 7. The lowest BCUT2D eigenvalue weighted by Gasteiger charge is -2.11. The highest BCUT2D eigenvalue weighted by molar-refractivity contribution is 6.13. The first-order valence-corrected chi connectivity index (χ1v) is 44.8. The molecule has 14 nitrogen and oxygen atoms in total. The number of rotatable bonds is 8. The standard InChI is InChI=1S/C27H24FN2O.C26H22FN2O.C25H21FN3O.2C19H14F2NO/c1-15-8-16(2)10-19(9-15)23-13-24(30(5)14-29-23)26-18(4)17(3)11-22-21-7-6-20(28)12-25(21)31-27(22)26;1-15-9-16(2)11-18(10-15)22-13-23(29(4)14-28-22)25-17(3)5-7-21-20-8-6-19(27)12-24(20)30-26(21)25;1-14-5-7-20-19-8-6-18(26)11-23(19)30-25(20)24(14)22-12-21(27-13-29(22)4)17-9-15(2)28-16(3)10-17;1-11-9-16-18(13-7-6-12(20)10-15(13)23-16)19(21)17(11)14-5-3-4-8-22(14)2;1-11-7-17-14(10-13(11)16-5-3-4-6-22(16)2)19-15(21)8-12(20)9-18(19)23-17/h6-14H,1-5H3;5-14H,1-4H3;5-13H,1-4H3;2*3-10H,1-2H3/q5*+1. The van der Waals surface area contributed by atoms with E-state index >= 15 is 4.39 Å². The molecule has 0 aliphatic carbocycles. The molecule has 0 amide bonds. The lowest BCUT2D eigenvalue weighted by Crippen LogP contribution is -2.31. The van der Waals surface area contributed by atoms with Crippen LogP contribution in [0.15, 0.2) is 290 Å². The Morgan fingerprint density at radius 2 is 0.642 bits per heavy atom. The molecule has 0 bridgehead atoms. The van der Waals surface area contributed by atoms with Crippen molar-refractivity contribution < 1.29 is 75.7 Å². The summed E-state index contributed by atoms with van der Waals surface area (Å²) in [4.78, 5) is 18.5. The Balaban J connectivity index is 0.000000110. The Bertz CT molecular complexity index is 8610. The number of hydrogen-bond acceptors (Lipinski definition) is 9. The monoisotopic (exact) mass is 1830 g/mol. The van der Waals surface area contributed by atoms with Crippen LogP contribution in [0, 0.1) is 124 Å². The zero-order valence-electron chi connectivity index (χ0n) is 78.6. The van der Waals surface area contributed by atoms with Gasteiger partial charge in [-0.05, 0) is 253 Å². The van der Waals surface area contributed by atoms with E-state index in [0.29, 0.717) is 60.6 Å². The second-order valence-corrected chi connectivity index (χ2v) is 35.7. The van der Waals surface area contributed by atoms with E-state index in [1.54, 1.807) is 30.3 Å². The van der Waals surface area contributed by atoms with Crippen LogP contribution < -0.4 is 22.8 Å². The van der Waals surface area contributed by atoms with Gasteiger partial charge in [-0.2, -0.15) is 0 Å². The summed E-state index contributed by atoms with van der Waals surface area (Å²) in [5.41, 5.74) is 33.8. The second kappa shape index (κ2) is 36.0. The third kappa shape index (κ3) is 17.2. The van der Waals surface area contributed by atoms with Crippen LogP contribution in [0.1, 0.15) is 67.0 Å². The zero-order chi connectivity index (χ0) is 96.1. The van der Waals surface area contributed by atoms with Crippen LogP contribution in [0.4, 0.5) is 30.7 Å². The van der Waals surface area contributed by atoms with E-state index in [9.17, 15) is 26.3 Å². The van der Waals surface area contributed by atoms with Crippen LogP contribution in [0.3, 0.4) is 0 Å². The van der Waals surface area contributed by atoms with Crippen molar-refractivity contribution in [3.63, 3.8) is 0 Å². The summed E-state index contributed by atoms with van der Waals surface area (Å²) in [6.07, 6.45) is 9.33. The molecule has 0 aliphatic rings. The summed E-state index contributed by atoms with van der Waals surface area (Å²) in [7, 11) is 9.77. The van der Waals surface area contributed by atoms with Gasteiger partial charge in [0.15, 0.2) is 29.5 Å². The van der Waals surface area contributed by atoms with E-state index in [1.807, 2.05) is 190 Å². The van der Waals surface area contributed by atoms with Gasteiger partial charge in [-0.1, -0.05) is 58.7 Å². The average molecular weight is 1830 g/mol.